The zero-order valence-electron chi connectivity index (χ0n) is 8.78. The Balaban J connectivity index is 2.42. The molecule has 3 nitrogen and oxygen atoms in total. The van der Waals surface area contributed by atoms with E-state index in [2.05, 4.69) is 9.59 Å². The molecule has 0 radical (unpaired) electrons. The Hall–Kier alpha value is -1.54. The molecule has 1 unspecified atom stereocenters. The minimum atomic E-state index is -4.74. The fraction of sp³-hybridized carbons (Fsp3) is 0.200. The van der Waals surface area contributed by atoms with Crippen molar-refractivity contribution in [1.29, 1.82) is 0 Å². The fourth-order valence-corrected chi connectivity index (χ4v) is 1.96. The summed E-state index contributed by atoms with van der Waals surface area (Å²) in [6.45, 7) is 0. The predicted molar refractivity (Wildman–Crippen MR) is 57.3 cm³/mol. The van der Waals surface area contributed by atoms with Crippen LogP contribution in [0.25, 0.3) is 0 Å². The number of hydrogen-bond donors (Lipinski definition) is 1. The Kier molecular flexibility index (Phi) is 3.31. The lowest BCUT2D eigenvalue weighted by Gasteiger charge is -2.13. The number of nitrogens with two attached hydrogens (primary N) is 1. The summed E-state index contributed by atoms with van der Waals surface area (Å²) in [6, 6.07) is 1.88. The molecule has 8 heteroatoms. The Morgan fingerprint density at radius 3 is 2.56 bits per heavy atom. The first-order valence-electron chi connectivity index (χ1n) is 4.79. The number of hydrogen-bond acceptors (Lipinski definition) is 4. The minimum absolute atomic E-state index is 0.162. The fourth-order valence-electron chi connectivity index (χ4n) is 1.43. The lowest BCUT2D eigenvalue weighted by Crippen LogP contribution is -2.14. The third-order valence-electron chi connectivity index (χ3n) is 2.34. The summed E-state index contributed by atoms with van der Waals surface area (Å²) in [5.74, 6) is -1.32. The second-order valence-corrected chi connectivity index (χ2v) is 4.35. The SMILES string of the molecule is NC(c1ccc(F)c(C(F)(F)F)c1)c1cnns1. The minimum Gasteiger partial charge on any atom is -0.320 e. The van der Waals surface area contributed by atoms with Gasteiger partial charge in [-0.25, -0.2) is 4.39 Å². The molecule has 1 aromatic carbocycles. The summed E-state index contributed by atoms with van der Waals surface area (Å²) >= 11 is 0.982. The van der Waals surface area contributed by atoms with E-state index in [-0.39, 0.29) is 5.56 Å². The zero-order valence-corrected chi connectivity index (χ0v) is 9.60. The van der Waals surface area contributed by atoms with Gasteiger partial charge in [-0.1, -0.05) is 10.6 Å². The largest absolute Gasteiger partial charge is 0.419 e. The van der Waals surface area contributed by atoms with E-state index < -0.39 is 23.6 Å². The van der Waals surface area contributed by atoms with Gasteiger partial charge >= 0.3 is 6.18 Å². The maximum absolute atomic E-state index is 13.1. The van der Waals surface area contributed by atoms with Crippen LogP contribution >= 0.6 is 11.5 Å². The molecule has 0 saturated carbocycles. The van der Waals surface area contributed by atoms with Crippen molar-refractivity contribution >= 4 is 11.5 Å². The van der Waals surface area contributed by atoms with Crippen molar-refractivity contribution in [2.24, 2.45) is 5.73 Å². The van der Waals surface area contributed by atoms with Gasteiger partial charge in [0.05, 0.1) is 22.7 Å². The summed E-state index contributed by atoms with van der Waals surface area (Å²) in [7, 11) is 0. The number of alkyl halides is 3. The quantitative estimate of drug-likeness (QED) is 0.859. The molecule has 1 heterocycles. The van der Waals surface area contributed by atoms with Crippen LogP contribution < -0.4 is 5.73 Å². The van der Waals surface area contributed by atoms with Gasteiger partial charge in [-0.05, 0) is 29.2 Å². The highest BCUT2D eigenvalue weighted by atomic mass is 32.1. The first-order chi connectivity index (χ1) is 8.39. The van der Waals surface area contributed by atoms with Crippen molar-refractivity contribution in [3.63, 3.8) is 0 Å². The highest BCUT2D eigenvalue weighted by Crippen LogP contribution is 2.33. The van der Waals surface area contributed by atoms with Crippen LogP contribution in [0.5, 0.6) is 0 Å². The summed E-state index contributed by atoms with van der Waals surface area (Å²) in [4.78, 5) is 0.509. The van der Waals surface area contributed by atoms with E-state index in [9.17, 15) is 17.6 Å². The molecule has 0 aliphatic heterocycles. The van der Waals surface area contributed by atoms with Gasteiger partial charge in [0, 0.05) is 0 Å². The smallest absolute Gasteiger partial charge is 0.320 e. The van der Waals surface area contributed by atoms with E-state index in [4.69, 9.17) is 5.73 Å². The topological polar surface area (TPSA) is 51.8 Å². The summed E-state index contributed by atoms with van der Waals surface area (Å²) in [6.07, 6.45) is -3.38. The zero-order chi connectivity index (χ0) is 13.3. The van der Waals surface area contributed by atoms with Crippen molar-refractivity contribution < 1.29 is 17.6 Å². The van der Waals surface area contributed by atoms with E-state index in [1.165, 1.54) is 12.3 Å². The van der Waals surface area contributed by atoms with Gasteiger partial charge in [-0.15, -0.1) is 5.10 Å². The molecule has 1 aromatic heterocycles. The molecular formula is C10H7F4N3S. The van der Waals surface area contributed by atoms with Crippen LogP contribution in [0.2, 0.25) is 0 Å². The standard InChI is InChI=1S/C10H7F4N3S/c11-7-2-1-5(3-6(7)10(12,13)14)9(15)8-4-16-17-18-8/h1-4,9H,15H2. The molecule has 0 aliphatic rings. The average Bonchev–Trinajstić information content (AvgIpc) is 2.80. The molecule has 0 amide bonds. The van der Waals surface area contributed by atoms with Crippen LogP contribution in [0.3, 0.4) is 0 Å². The van der Waals surface area contributed by atoms with Gasteiger partial charge < -0.3 is 5.73 Å². The number of benzene rings is 1. The Bertz CT molecular complexity index is 539. The summed E-state index contributed by atoms with van der Waals surface area (Å²) < 4.78 is 54.3. The lowest BCUT2D eigenvalue weighted by molar-refractivity contribution is -0.140. The maximum Gasteiger partial charge on any atom is 0.419 e. The molecule has 0 fully saturated rings. The Morgan fingerprint density at radius 1 is 1.28 bits per heavy atom. The summed E-state index contributed by atoms with van der Waals surface area (Å²) in [5.41, 5.74) is 4.60. The molecule has 0 aliphatic carbocycles. The van der Waals surface area contributed by atoms with Gasteiger partial charge in [0.15, 0.2) is 0 Å². The van der Waals surface area contributed by atoms with Crippen molar-refractivity contribution in [3.05, 3.63) is 46.2 Å². The monoisotopic (exact) mass is 277 g/mol. The van der Waals surface area contributed by atoms with Crippen molar-refractivity contribution in [3.8, 4) is 0 Å². The average molecular weight is 277 g/mol. The molecular weight excluding hydrogens is 270 g/mol. The van der Waals surface area contributed by atoms with Gasteiger partial charge in [-0.3, -0.25) is 0 Å². The van der Waals surface area contributed by atoms with E-state index >= 15 is 0 Å². The maximum atomic E-state index is 13.1. The van der Waals surface area contributed by atoms with Crippen molar-refractivity contribution in [1.82, 2.24) is 9.59 Å². The molecule has 1 atom stereocenters. The van der Waals surface area contributed by atoms with E-state index in [0.29, 0.717) is 10.9 Å². The van der Waals surface area contributed by atoms with Crippen LogP contribution in [0.15, 0.2) is 24.4 Å². The molecule has 2 aromatic rings. The van der Waals surface area contributed by atoms with Crippen LogP contribution in [-0.4, -0.2) is 9.59 Å². The Labute approximate surface area is 103 Å². The highest BCUT2D eigenvalue weighted by molar-refractivity contribution is 7.05. The number of rotatable bonds is 2. The van der Waals surface area contributed by atoms with Gasteiger partial charge in [0.25, 0.3) is 0 Å². The van der Waals surface area contributed by atoms with E-state index in [1.807, 2.05) is 0 Å². The van der Waals surface area contributed by atoms with E-state index in [0.717, 1.165) is 17.6 Å². The second kappa shape index (κ2) is 4.62. The number of nitrogens with zero attached hydrogens (tertiary/aromatic N) is 2. The van der Waals surface area contributed by atoms with Gasteiger partial charge in [-0.2, -0.15) is 13.2 Å². The van der Waals surface area contributed by atoms with Crippen LogP contribution in [0.4, 0.5) is 17.6 Å². The first-order valence-corrected chi connectivity index (χ1v) is 5.56. The molecule has 0 spiro atoms. The molecule has 2 rings (SSSR count). The molecule has 96 valence electrons. The third-order valence-corrected chi connectivity index (χ3v) is 3.09. The third kappa shape index (κ3) is 2.49. The van der Waals surface area contributed by atoms with Crippen molar-refractivity contribution in [2.75, 3.05) is 0 Å². The number of aromatic nitrogens is 2. The lowest BCUT2D eigenvalue weighted by atomic mass is 10.0. The predicted octanol–water partition coefficient (Wildman–Crippen LogP) is 2.74. The molecule has 0 saturated heterocycles. The van der Waals surface area contributed by atoms with Crippen LogP contribution in [0.1, 0.15) is 22.0 Å². The van der Waals surface area contributed by atoms with Gasteiger partial charge in [0.2, 0.25) is 0 Å². The van der Waals surface area contributed by atoms with E-state index in [1.54, 1.807) is 0 Å². The molecule has 0 bridgehead atoms. The summed E-state index contributed by atoms with van der Waals surface area (Å²) in [5, 5.41) is 3.55. The van der Waals surface area contributed by atoms with Gasteiger partial charge in [0.1, 0.15) is 5.82 Å². The van der Waals surface area contributed by atoms with Crippen molar-refractivity contribution in [2.45, 2.75) is 12.2 Å². The normalized spacial score (nSPS) is 13.6. The molecule has 2 N–H and O–H groups in total. The first kappa shape index (κ1) is 12.9. The Morgan fingerprint density at radius 2 is 2.00 bits per heavy atom. The van der Waals surface area contributed by atoms with Crippen LogP contribution in [0, 0.1) is 5.82 Å². The number of halogens is 4. The van der Waals surface area contributed by atoms with Crippen LogP contribution in [-0.2, 0) is 6.18 Å². The molecule has 18 heavy (non-hydrogen) atoms. The second-order valence-electron chi connectivity index (χ2n) is 3.53. The highest BCUT2D eigenvalue weighted by Gasteiger charge is 2.34.